The van der Waals surface area contributed by atoms with Crippen LogP contribution in [0.4, 0.5) is 0 Å². The molecule has 0 aromatic carbocycles. The second-order valence-corrected chi connectivity index (χ2v) is 5.60. The monoisotopic (exact) mass is 269 g/mol. The average Bonchev–Trinajstić information content (AvgIpc) is 2.51. The van der Waals surface area contributed by atoms with Crippen LogP contribution < -0.4 is 5.32 Å². The first-order valence-corrected chi connectivity index (χ1v) is 8.42. The van der Waals surface area contributed by atoms with Gasteiger partial charge in [0, 0.05) is 14.0 Å². The lowest BCUT2D eigenvalue weighted by molar-refractivity contribution is -0.118. The fourth-order valence-corrected chi connectivity index (χ4v) is 3.21. The van der Waals surface area contributed by atoms with Crippen molar-refractivity contribution in [3.63, 3.8) is 0 Å². The molecule has 0 saturated heterocycles. The van der Waals surface area contributed by atoms with E-state index in [1.54, 1.807) is 32.7 Å². The first kappa shape index (κ1) is 18.5. The molecule has 0 aliphatic heterocycles. The Labute approximate surface area is 120 Å². The van der Waals surface area contributed by atoms with Gasteiger partial charge in [-0.25, -0.2) is 0 Å². The number of amides is 1. The van der Waals surface area contributed by atoms with Gasteiger partial charge in [-0.3, -0.25) is 4.79 Å². The van der Waals surface area contributed by atoms with E-state index in [4.69, 9.17) is 0 Å². The quantitative estimate of drug-likeness (QED) is 0.719. The van der Waals surface area contributed by atoms with Gasteiger partial charge >= 0.3 is 0 Å². The van der Waals surface area contributed by atoms with Gasteiger partial charge in [-0.05, 0) is 11.8 Å². The van der Waals surface area contributed by atoms with Crippen molar-refractivity contribution in [1.82, 2.24) is 5.32 Å². The third kappa shape index (κ3) is 9.07. The van der Waals surface area contributed by atoms with Gasteiger partial charge in [-0.1, -0.05) is 78.1 Å². The molecule has 2 nitrogen and oxygen atoms in total. The third-order valence-electron chi connectivity index (χ3n) is 4.32. The fraction of sp³-hybridized carbons (Fsp3) is 0.941. The topological polar surface area (TPSA) is 29.1 Å². The second kappa shape index (κ2) is 12.5. The highest BCUT2D eigenvalue weighted by atomic mass is 16.1. The summed E-state index contributed by atoms with van der Waals surface area (Å²) in [5.74, 6) is 2.28. The van der Waals surface area contributed by atoms with Gasteiger partial charge in [-0.2, -0.15) is 0 Å². The Morgan fingerprint density at radius 3 is 1.26 bits per heavy atom. The van der Waals surface area contributed by atoms with E-state index in [2.05, 4.69) is 5.32 Å². The summed E-state index contributed by atoms with van der Waals surface area (Å²) in [6.45, 7) is 5.47. The minimum Gasteiger partial charge on any atom is -0.359 e. The van der Waals surface area contributed by atoms with Crippen LogP contribution in [-0.4, -0.2) is 13.0 Å². The van der Waals surface area contributed by atoms with Gasteiger partial charge in [0.05, 0.1) is 0 Å². The molecule has 0 aromatic rings. The molecule has 2 saturated carbocycles. The summed E-state index contributed by atoms with van der Waals surface area (Å²) in [5, 5.41) is 2.39. The highest BCUT2D eigenvalue weighted by Crippen LogP contribution is 2.37. The molecule has 114 valence electrons. The Morgan fingerprint density at radius 1 is 0.789 bits per heavy atom. The van der Waals surface area contributed by atoms with Crippen LogP contribution in [0.1, 0.15) is 85.0 Å². The molecule has 0 atom stereocenters. The van der Waals surface area contributed by atoms with E-state index in [1.807, 2.05) is 13.8 Å². The van der Waals surface area contributed by atoms with E-state index >= 15 is 0 Å². The van der Waals surface area contributed by atoms with Gasteiger partial charge in [0.15, 0.2) is 0 Å². The molecule has 2 heteroatoms. The maximum Gasteiger partial charge on any atom is 0.216 e. The molecule has 19 heavy (non-hydrogen) atoms. The minimum atomic E-state index is 0.00463. The Morgan fingerprint density at radius 2 is 1.05 bits per heavy atom. The summed E-state index contributed by atoms with van der Waals surface area (Å²) in [7, 11) is 1.60. The van der Waals surface area contributed by atoms with Gasteiger partial charge in [0.2, 0.25) is 5.91 Å². The molecule has 0 heterocycles. The van der Waals surface area contributed by atoms with Crippen LogP contribution in [0.2, 0.25) is 0 Å². The van der Waals surface area contributed by atoms with Crippen molar-refractivity contribution in [2.45, 2.75) is 85.0 Å². The molecule has 1 N–H and O–H groups in total. The molecule has 0 radical (unpaired) electrons. The van der Waals surface area contributed by atoms with Crippen molar-refractivity contribution >= 4 is 5.91 Å². The Bertz CT molecular complexity index is 187. The van der Waals surface area contributed by atoms with E-state index in [9.17, 15) is 4.79 Å². The smallest absolute Gasteiger partial charge is 0.216 e. The predicted octanol–water partition coefficient (Wildman–Crippen LogP) is 4.93. The molecule has 0 unspecified atom stereocenters. The van der Waals surface area contributed by atoms with Gasteiger partial charge in [0.1, 0.15) is 0 Å². The zero-order valence-corrected chi connectivity index (χ0v) is 13.6. The zero-order chi connectivity index (χ0) is 14.5. The van der Waals surface area contributed by atoms with Crippen LogP contribution in [-0.2, 0) is 4.79 Å². The number of carbonyl (C=O) groups excluding carboxylic acids is 1. The molecule has 0 spiro atoms. The van der Waals surface area contributed by atoms with E-state index in [1.165, 1.54) is 45.4 Å². The first-order chi connectivity index (χ1) is 9.24. The van der Waals surface area contributed by atoms with Crippen molar-refractivity contribution in [2.24, 2.45) is 11.8 Å². The lowest BCUT2D eigenvalue weighted by Gasteiger charge is -2.32. The molecule has 0 bridgehead atoms. The van der Waals surface area contributed by atoms with Crippen LogP contribution in [0.15, 0.2) is 0 Å². The molecule has 2 fully saturated rings. The third-order valence-corrected chi connectivity index (χ3v) is 4.32. The Balaban J connectivity index is 0.000000396. The fourth-order valence-electron chi connectivity index (χ4n) is 3.21. The summed E-state index contributed by atoms with van der Waals surface area (Å²) in [6, 6.07) is 0. The summed E-state index contributed by atoms with van der Waals surface area (Å²) < 4.78 is 0. The largest absolute Gasteiger partial charge is 0.359 e. The SMILES string of the molecule is C1CCC(C2CCCCC2)CC1.CC.CNC(C)=O. The van der Waals surface area contributed by atoms with Crippen LogP contribution in [0.25, 0.3) is 0 Å². The van der Waals surface area contributed by atoms with Crippen molar-refractivity contribution < 1.29 is 4.79 Å². The Kier molecular flexibility index (Phi) is 12.2. The van der Waals surface area contributed by atoms with Crippen molar-refractivity contribution in [3.8, 4) is 0 Å². The molecule has 2 aliphatic rings. The normalized spacial score (nSPS) is 20.4. The lowest BCUT2D eigenvalue weighted by Crippen LogP contribution is -2.20. The summed E-state index contributed by atoms with van der Waals surface area (Å²) >= 11 is 0. The number of hydrogen-bond donors (Lipinski definition) is 1. The van der Waals surface area contributed by atoms with E-state index in [-0.39, 0.29) is 5.91 Å². The average molecular weight is 269 g/mol. The lowest BCUT2D eigenvalue weighted by atomic mass is 9.73. The van der Waals surface area contributed by atoms with Crippen LogP contribution >= 0.6 is 0 Å². The Hall–Kier alpha value is -0.530. The standard InChI is InChI=1S/C12H22.C3H7NO.C2H6/c1-3-7-11(8-4-1)12-9-5-2-6-10-12;1-3(5)4-2;1-2/h11-12H,1-10H2;1-2H3,(H,4,5);1-2H3. The van der Waals surface area contributed by atoms with E-state index in [0.29, 0.717) is 0 Å². The number of rotatable bonds is 1. The molecule has 2 aliphatic carbocycles. The molecule has 0 aromatic heterocycles. The van der Waals surface area contributed by atoms with Gasteiger partial charge in [0.25, 0.3) is 0 Å². The van der Waals surface area contributed by atoms with Crippen molar-refractivity contribution in [2.75, 3.05) is 7.05 Å². The van der Waals surface area contributed by atoms with Crippen LogP contribution in [0, 0.1) is 11.8 Å². The zero-order valence-electron chi connectivity index (χ0n) is 13.6. The number of hydrogen-bond acceptors (Lipinski definition) is 1. The first-order valence-electron chi connectivity index (χ1n) is 8.42. The molecular formula is C17H35NO. The maximum absolute atomic E-state index is 9.70. The summed E-state index contributed by atoms with van der Waals surface area (Å²) in [6.07, 6.45) is 15.4. The summed E-state index contributed by atoms with van der Waals surface area (Å²) in [4.78, 5) is 9.70. The van der Waals surface area contributed by atoms with Crippen molar-refractivity contribution in [1.29, 1.82) is 0 Å². The molecule has 1 amide bonds. The van der Waals surface area contributed by atoms with Gasteiger partial charge in [-0.15, -0.1) is 0 Å². The van der Waals surface area contributed by atoms with Crippen molar-refractivity contribution in [3.05, 3.63) is 0 Å². The second-order valence-electron chi connectivity index (χ2n) is 5.60. The van der Waals surface area contributed by atoms with E-state index < -0.39 is 0 Å². The molecular weight excluding hydrogens is 234 g/mol. The van der Waals surface area contributed by atoms with Crippen LogP contribution in [0.3, 0.4) is 0 Å². The summed E-state index contributed by atoms with van der Waals surface area (Å²) in [5.41, 5.74) is 0. The molecule has 2 rings (SSSR count). The minimum absolute atomic E-state index is 0.00463. The maximum atomic E-state index is 9.70. The highest BCUT2D eigenvalue weighted by Gasteiger charge is 2.24. The van der Waals surface area contributed by atoms with Gasteiger partial charge < -0.3 is 5.32 Å². The van der Waals surface area contributed by atoms with E-state index in [0.717, 1.165) is 11.8 Å². The predicted molar refractivity (Wildman–Crippen MR) is 84.2 cm³/mol. The number of nitrogens with one attached hydrogen (secondary N) is 1. The highest BCUT2D eigenvalue weighted by molar-refractivity contribution is 5.72. The number of carbonyl (C=O) groups is 1. The van der Waals surface area contributed by atoms with Crippen LogP contribution in [0.5, 0.6) is 0 Å².